The summed E-state index contributed by atoms with van der Waals surface area (Å²) in [6.07, 6.45) is 2.13. The molecule has 2 rings (SSSR count). The molecular formula is C20H27BrINO2. The molecule has 0 unspecified atom stereocenters. The zero-order valence-electron chi connectivity index (χ0n) is 14.9. The molecule has 0 bridgehead atoms. The third-order valence-electron chi connectivity index (χ3n) is 4.16. The SMILES string of the molecule is C[N+](C)(CCO)CCCCOc1ccc(-c2ccccc2)cc1I.[Br-]. The predicted molar refractivity (Wildman–Crippen MR) is 108 cm³/mol. The molecule has 0 radical (unpaired) electrons. The van der Waals surface area contributed by atoms with E-state index in [-0.39, 0.29) is 23.6 Å². The maximum atomic E-state index is 9.05. The normalized spacial score (nSPS) is 11.0. The van der Waals surface area contributed by atoms with Gasteiger partial charge in [-0.3, -0.25) is 0 Å². The first-order chi connectivity index (χ1) is 11.5. The second kappa shape index (κ2) is 11.2. The third-order valence-corrected chi connectivity index (χ3v) is 5.00. The molecule has 0 aliphatic heterocycles. The molecule has 5 heteroatoms. The fourth-order valence-electron chi connectivity index (χ4n) is 2.63. The number of nitrogens with zero attached hydrogens (tertiary/aromatic N) is 1. The monoisotopic (exact) mass is 519 g/mol. The molecule has 0 saturated carbocycles. The Morgan fingerprint density at radius 3 is 2.32 bits per heavy atom. The van der Waals surface area contributed by atoms with Gasteiger partial charge in [0.25, 0.3) is 0 Å². The van der Waals surface area contributed by atoms with E-state index in [2.05, 4.69) is 79.2 Å². The number of ether oxygens (including phenoxy) is 1. The zero-order valence-corrected chi connectivity index (χ0v) is 18.7. The molecule has 0 heterocycles. The summed E-state index contributed by atoms with van der Waals surface area (Å²) in [4.78, 5) is 0. The first-order valence-corrected chi connectivity index (χ1v) is 9.50. The molecule has 2 aromatic rings. The van der Waals surface area contributed by atoms with Gasteiger partial charge in [0.1, 0.15) is 12.3 Å². The van der Waals surface area contributed by atoms with Crippen molar-refractivity contribution in [3.8, 4) is 16.9 Å². The third kappa shape index (κ3) is 7.64. The van der Waals surface area contributed by atoms with Crippen LogP contribution in [0.2, 0.25) is 0 Å². The standard InChI is InChI=1S/C20H27INO2.BrH/c1-22(2,13-14-23)12-6-7-15-24-20-11-10-18(16-19(20)21)17-8-4-3-5-9-17;/h3-5,8-11,16,23H,6-7,12-15H2,1-2H3;1H/q+1;/p-1. The van der Waals surface area contributed by atoms with Crippen LogP contribution in [-0.2, 0) is 0 Å². The van der Waals surface area contributed by atoms with Gasteiger partial charge in [-0.2, -0.15) is 0 Å². The number of aliphatic hydroxyl groups is 1. The van der Waals surface area contributed by atoms with E-state index < -0.39 is 0 Å². The molecule has 0 atom stereocenters. The van der Waals surface area contributed by atoms with Crippen LogP contribution in [0.4, 0.5) is 0 Å². The van der Waals surface area contributed by atoms with Gasteiger partial charge < -0.3 is 31.3 Å². The van der Waals surface area contributed by atoms with E-state index in [1.54, 1.807) is 0 Å². The number of rotatable bonds is 9. The van der Waals surface area contributed by atoms with Crippen LogP contribution in [0.3, 0.4) is 0 Å². The molecule has 3 nitrogen and oxygen atoms in total. The van der Waals surface area contributed by atoms with Crippen LogP contribution in [0, 0.1) is 3.57 Å². The van der Waals surface area contributed by atoms with Gasteiger partial charge in [-0.1, -0.05) is 36.4 Å². The van der Waals surface area contributed by atoms with Crippen LogP contribution in [0.25, 0.3) is 11.1 Å². The molecule has 2 aromatic carbocycles. The maximum Gasteiger partial charge on any atom is 0.132 e. The van der Waals surface area contributed by atoms with Crippen LogP contribution in [0.15, 0.2) is 48.5 Å². The van der Waals surface area contributed by atoms with Crippen molar-refractivity contribution < 1.29 is 31.3 Å². The van der Waals surface area contributed by atoms with Gasteiger partial charge in [0.15, 0.2) is 0 Å². The second-order valence-corrected chi connectivity index (χ2v) is 7.84. The number of hydrogen-bond acceptors (Lipinski definition) is 2. The summed E-state index contributed by atoms with van der Waals surface area (Å²) in [6.45, 7) is 2.85. The number of benzene rings is 2. The molecule has 0 aliphatic carbocycles. The summed E-state index contributed by atoms with van der Waals surface area (Å²) >= 11 is 2.34. The van der Waals surface area contributed by atoms with Gasteiger partial charge in [-0.25, -0.2) is 0 Å². The Balaban J connectivity index is 0.00000312. The molecule has 0 aliphatic rings. The van der Waals surface area contributed by atoms with Crippen LogP contribution in [0.1, 0.15) is 12.8 Å². The highest BCUT2D eigenvalue weighted by atomic mass is 127. The van der Waals surface area contributed by atoms with E-state index >= 15 is 0 Å². The molecule has 0 fully saturated rings. The number of likely N-dealkylation sites (N-methyl/N-ethyl adjacent to an activating group) is 1. The van der Waals surface area contributed by atoms with Crippen LogP contribution < -0.4 is 21.7 Å². The van der Waals surface area contributed by atoms with Crippen molar-refractivity contribution in [1.82, 2.24) is 0 Å². The summed E-state index contributed by atoms with van der Waals surface area (Å²) in [7, 11) is 4.31. The van der Waals surface area contributed by atoms with Crippen molar-refractivity contribution in [2.24, 2.45) is 0 Å². The quantitative estimate of drug-likeness (QED) is 0.306. The van der Waals surface area contributed by atoms with Crippen molar-refractivity contribution in [3.63, 3.8) is 0 Å². The highest BCUT2D eigenvalue weighted by molar-refractivity contribution is 14.1. The van der Waals surface area contributed by atoms with Crippen molar-refractivity contribution >= 4 is 22.6 Å². The van der Waals surface area contributed by atoms with Crippen LogP contribution >= 0.6 is 22.6 Å². The van der Waals surface area contributed by atoms with Gasteiger partial charge in [0.2, 0.25) is 0 Å². The Hall–Kier alpha value is -0.630. The van der Waals surface area contributed by atoms with E-state index in [1.165, 1.54) is 11.1 Å². The maximum absolute atomic E-state index is 9.05. The number of aliphatic hydroxyl groups excluding tert-OH is 1. The second-order valence-electron chi connectivity index (χ2n) is 6.67. The predicted octanol–water partition coefficient (Wildman–Crippen LogP) is 1.19. The minimum atomic E-state index is 0. The van der Waals surface area contributed by atoms with Crippen molar-refractivity contribution in [1.29, 1.82) is 0 Å². The van der Waals surface area contributed by atoms with E-state index in [4.69, 9.17) is 9.84 Å². The Kier molecular flexibility index (Phi) is 10.0. The number of halogens is 2. The Morgan fingerprint density at radius 2 is 1.68 bits per heavy atom. The Labute approximate surface area is 175 Å². The van der Waals surface area contributed by atoms with Crippen LogP contribution in [0.5, 0.6) is 5.75 Å². The van der Waals surface area contributed by atoms with E-state index in [9.17, 15) is 0 Å². The zero-order chi connectivity index (χ0) is 17.4. The van der Waals surface area contributed by atoms with E-state index in [0.29, 0.717) is 0 Å². The summed E-state index contributed by atoms with van der Waals surface area (Å²) in [5, 5.41) is 9.05. The molecule has 0 spiro atoms. The topological polar surface area (TPSA) is 29.5 Å². The first kappa shape index (κ1) is 22.4. The molecule has 0 aromatic heterocycles. The summed E-state index contributed by atoms with van der Waals surface area (Å²) in [5.74, 6) is 0.958. The molecular weight excluding hydrogens is 493 g/mol. The van der Waals surface area contributed by atoms with Gasteiger partial charge in [0.05, 0.1) is 37.4 Å². The average molecular weight is 520 g/mol. The fraction of sp³-hybridized carbons (Fsp3) is 0.400. The fourth-order valence-corrected chi connectivity index (χ4v) is 3.31. The summed E-state index contributed by atoms with van der Waals surface area (Å²) < 4.78 is 7.94. The average Bonchev–Trinajstić information content (AvgIpc) is 2.56. The van der Waals surface area contributed by atoms with Crippen molar-refractivity contribution in [2.75, 3.05) is 40.4 Å². The van der Waals surface area contributed by atoms with Gasteiger partial charge >= 0.3 is 0 Å². The lowest BCUT2D eigenvalue weighted by Gasteiger charge is -2.28. The van der Waals surface area contributed by atoms with Gasteiger partial charge in [-0.15, -0.1) is 0 Å². The Bertz CT molecular complexity index is 635. The summed E-state index contributed by atoms with van der Waals surface area (Å²) in [5.41, 5.74) is 2.45. The molecule has 25 heavy (non-hydrogen) atoms. The minimum absolute atomic E-state index is 0. The molecule has 0 amide bonds. The summed E-state index contributed by atoms with van der Waals surface area (Å²) in [6, 6.07) is 16.8. The first-order valence-electron chi connectivity index (χ1n) is 8.42. The van der Waals surface area contributed by atoms with Crippen LogP contribution in [-0.4, -0.2) is 50.0 Å². The highest BCUT2D eigenvalue weighted by Crippen LogP contribution is 2.28. The largest absolute Gasteiger partial charge is 1.00 e. The number of quaternary nitrogens is 1. The number of unbranched alkanes of at least 4 members (excludes halogenated alkanes) is 1. The van der Waals surface area contributed by atoms with E-state index in [1.807, 2.05) is 6.07 Å². The van der Waals surface area contributed by atoms with Gasteiger partial charge in [-0.05, 0) is 58.7 Å². The lowest BCUT2D eigenvalue weighted by Crippen LogP contribution is -3.00. The van der Waals surface area contributed by atoms with E-state index in [0.717, 1.165) is 46.3 Å². The smallest absolute Gasteiger partial charge is 0.132 e. The van der Waals surface area contributed by atoms with Crippen molar-refractivity contribution in [2.45, 2.75) is 12.8 Å². The lowest BCUT2D eigenvalue weighted by molar-refractivity contribution is -0.890. The lowest BCUT2D eigenvalue weighted by atomic mass is 10.1. The minimum Gasteiger partial charge on any atom is -1.00 e. The highest BCUT2D eigenvalue weighted by Gasteiger charge is 2.13. The molecule has 0 saturated heterocycles. The van der Waals surface area contributed by atoms with Gasteiger partial charge in [0, 0.05) is 0 Å². The Morgan fingerprint density at radius 1 is 0.960 bits per heavy atom. The number of hydrogen-bond donors (Lipinski definition) is 1. The van der Waals surface area contributed by atoms with Crippen molar-refractivity contribution in [3.05, 3.63) is 52.1 Å². The molecule has 138 valence electrons. The molecule has 1 N–H and O–H groups in total.